The number of allylic oxidation sites excluding steroid dienone is 1. The third-order valence-corrected chi connectivity index (χ3v) is 4.12. The standard InChI is InChI=1S/C15H20O4/c1-5-10-7-13(14(3,4)18)19-15(10)8-11(16)9(2)6-12(15)17/h5-6,10,13,18H,1,7-8H2,2-4H3/t10-,13-,15-/m1/s1. The Bertz CT molecular complexity index is 469. The van der Waals surface area contributed by atoms with E-state index in [1.807, 2.05) is 0 Å². The molecular weight excluding hydrogens is 244 g/mol. The average molecular weight is 264 g/mol. The summed E-state index contributed by atoms with van der Waals surface area (Å²) in [7, 11) is 0. The molecule has 0 radical (unpaired) electrons. The second kappa shape index (κ2) is 4.39. The van der Waals surface area contributed by atoms with Gasteiger partial charge in [0.2, 0.25) is 0 Å². The van der Waals surface area contributed by atoms with Gasteiger partial charge in [0.25, 0.3) is 0 Å². The van der Waals surface area contributed by atoms with Crippen molar-refractivity contribution in [3.05, 3.63) is 24.3 Å². The van der Waals surface area contributed by atoms with Gasteiger partial charge in [-0.05, 0) is 38.8 Å². The van der Waals surface area contributed by atoms with E-state index in [0.717, 1.165) is 0 Å². The van der Waals surface area contributed by atoms with Crippen molar-refractivity contribution in [2.45, 2.75) is 50.9 Å². The Balaban J connectivity index is 2.40. The van der Waals surface area contributed by atoms with Gasteiger partial charge in [-0.1, -0.05) is 6.08 Å². The minimum Gasteiger partial charge on any atom is -0.388 e. The third kappa shape index (κ3) is 2.19. The summed E-state index contributed by atoms with van der Waals surface area (Å²) < 4.78 is 5.85. The van der Waals surface area contributed by atoms with Gasteiger partial charge < -0.3 is 9.84 Å². The molecule has 0 amide bonds. The van der Waals surface area contributed by atoms with E-state index in [9.17, 15) is 14.7 Å². The number of ketones is 2. The minimum absolute atomic E-state index is 0.0391. The first-order chi connectivity index (χ1) is 8.70. The van der Waals surface area contributed by atoms with Crippen LogP contribution in [-0.2, 0) is 14.3 Å². The van der Waals surface area contributed by atoms with Crippen molar-refractivity contribution in [2.24, 2.45) is 5.92 Å². The summed E-state index contributed by atoms with van der Waals surface area (Å²) in [5.41, 5.74) is -1.75. The van der Waals surface area contributed by atoms with Gasteiger partial charge in [0.1, 0.15) is 5.60 Å². The zero-order valence-corrected chi connectivity index (χ0v) is 11.6. The number of carbonyl (C=O) groups excluding carboxylic acids is 2. The van der Waals surface area contributed by atoms with E-state index >= 15 is 0 Å². The van der Waals surface area contributed by atoms with E-state index < -0.39 is 17.3 Å². The summed E-state index contributed by atoms with van der Waals surface area (Å²) in [4.78, 5) is 24.3. The molecule has 1 fully saturated rings. The van der Waals surface area contributed by atoms with Crippen LogP contribution in [0.2, 0.25) is 0 Å². The zero-order chi connectivity index (χ0) is 14.4. The number of hydrogen-bond acceptors (Lipinski definition) is 4. The molecule has 0 unspecified atom stereocenters. The Kier molecular flexibility index (Phi) is 3.27. The lowest BCUT2D eigenvalue weighted by molar-refractivity contribution is -0.159. The lowest BCUT2D eigenvalue weighted by Crippen LogP contribution is -2.49. The van der Waals surface area contributed by atoms with Gasteiger partial charge in [0, 0.05) is 12.3 Å². The highest BCUT2D eigenvalue weighted by Crippen LogP contribution is 2.45. The summed E-state index contributed by atoms with van der Waals surface area (Å²) in [6, 6.07) is 0. The largest absolute Gasteiger partial charge is 0.388 e. The van der Waals surface area contributed by atoms with E-state index in [0.29, 0.717) is 12.0 Å². The Morgan fingerprint density at radius 2 is 2.16 bits per heavy atom. The molecule has 4 nitrogen and oxygen atoms in total. The zero-order valence-electron chi connectivity index (χ0n) is 11.6. The van der Waals surface area contributed by atoms with Crippen LogP contribution in [0.3, 0.4) is 0 Å². The number of ether oxygens (including phenoxy) is 1. The minimum atomic E-state index is -1.16. The highest BCUT2D eigenvalue weighted by molar-refractivity contribution is 6.12. The van der Waals surface area contributed by atoms with Gasteiger partial charge in [-0.3, -0.25) is 9.59 Å². The van der Waals surface area contributed by atoms with Crippen LogP contribution in [0.25, 0.3) is 0 Å². The van der Waals surface area contributed by atoms with E-state index in [4.69, 9.17) is 4.74 Å². The molecule has 4 heteroatoms. The number of carbonyl (C=O) groups is 2. The second-order valence-corrected chi connectivity index (χ2v) is 6.02. The Hall–Kier alpha value is -1.26. The fourth-order valence-electron chi connectivity index (χ4n) is 2.81. The maximum atomic E-state index is 12.3. The highest BCUT2D eigenvalue weighted by atomic mass is 16.5. The maximum absolute atomic E-state index is 12.3. The van der Waals surface area contributed by atoms with E-state index in [-0.39, 0.29) is 23.9 Å². The molecular formula is C15H20O4. The van der Waals surface area contributed by atoms with Crippen molar-refractivity contribution >= 4 is 11.6 Å². The lowest BCUT2D eigenvalue weighted by atomic mass is 9.75. The maximum Gasteiger partial charge on any atom is 0.188 e. The monoisotopic (exact) mass is 264 g/mol. The number of Topliss-reactive ketones (excluding diaryl/α,β-unsaturated/α-hetero) is 1. The number of rotatable bonds is 2. The number of hydrogen-bond donors (Lipinski definition) is 1. The smallest absolute Gasteiger partial charge is 0.188 e. The summed E-state index contributed by atoms with van der Waals surface area (Å²) >= 11 is 0. The number of aliphatic hydroxyl groups is 1. The normalized spacial score (nSPS) is 35.7. The van der Waals surface area contributed by atoms with Crippen LogP contribution in [0.5, 0.6) is 0 Å². The van der Waals surface area contributed by atoms with Gasteiger partial charge in [-0.2, -0.15) is 0 Å². The molecule has 0 aromatic rings. The van der Waals surface area contributed by atoms with Crippen molar-refractivity contribution < 1.29 is 19.4 Å². The first kappa shape index (κ1) is 14.2. The SMILES string of the molecule is C=C[C@@H]1C[C@H](C(C)(C)O)O[C@]12CC(=O)C(C)=CC2=O. The molecule has 104 valence electrons. The molecule has 1 heterocycles. The Morgan fingerprint density at radius 3 is 2.68 bits per heavy atom. The van der Waals surface area contributed by atoms with Gasteiger partial charge in [-0.15, -0.1) is 6.58 Å². The van der Waals surface area contributed by atoms with Crippen LogP contribution in [-0.4, -0.2) is 34.0 Å². The molecule has 0 aromatic heterocycles. The van der Waals surface area contributed by atoms with Crippen LogP contribution in [0.1, 0.15) is 33.6 Å². The van der Waals surface area contributed by atoms with E-state index in [1.54, 1.807) is 26.8 Å². The highest BCUT2D eigenvalue weighted by Gasteiger charge is 2.56. The summed E-state index contributed by atoms with van der Waals surface area (Å²) in [5.74, 6) is -0.520. The molecule has 19 heavy (non-hydrogen) atoms. The van der Waals surface area contributed by atoms with Crippen LogP contribution >= 0.6 is 0 Å². The fraction of sp³-hybridized carbons (Fsp3) is 0.600. The van der Waals surface area contributed by atoms with Crippen molar-refractivity contribution in [2.75, 3.05) is 0 Å². The topological polar surface area (TPSA) is 63.6 Å². The van der Waals surface area contributed by atoms with Crippen LogP contribution in [0, 0.1) is 5.92 Å². The van der Waals surface area contributed by atoms with Crippen molar-refractivity contribution in [1.82, 2.24) is 0 Å². The first-order valence-corrected chi connectivity index (χ1v) is 6.49. The predicted molar refractivity (Wildman–Crippen MR) is 70.6 cm³/mol. The van der Waals surface area contributed by atoms with Crippen LogP contribution in [0.4, 0.5) is 0 Å². The predicted octanol–water partition coefficient (Wildman–Crippen LogP) is 1.58. The molecule has 1 N–H and O–H groups in total. The molecule has 2 rings (SSSR count). The van der Waals surface area contributed by atoms with E-state index in [1.165, 1.54) is 6.08 Å². The van der Waals surface area contributed by atoms with Crippen LogP contribution in [0.15, 0.2) is 24.3 Å². The summed E-state index contributed by atoms with van der Waals surface area (Å²) in [6.07, 6.45) is 3.08. The second-order valence-electron chi connectivity index (χ2n) is 6.02. The van der Waals surface area contributed by atoms with Crippen molar-refractivity contribution in [3.8, 4) is 0 Å². The molecule has 2 aliphatic rings. The van der Waals surface area contributed by atoms with Gasteiger partial charge in [-0.25, -0.2) is 0 Å². The van der Waals surface area contributed by atoms with Gasteiger partial charge >= 0.3 is 0 Å². The molecule has 1 aliphatic carbocycles. The summed E-state index contributed by atoms with van der Waals surface area (Å²) in [5, 5.41) is 10.1. The molecule has 0 aromatic carbocycles. The Labute approximate surface area is 113 Å². The molecule has 3 atom stereocenters. The molecule has 1 saturated heterocycles. The van der Waals surface area contributed by atoms with Gasteiger partial charge in [0.15, 0.2) is 11.6 Å². The molecule has 1 aliphatic heterocycles. The quantitative estimate of drug-likeness (QED) is 0.769. The molecule has 1 spiro atoms. The Morgan fingerprint density at radius 1 is 1.53 bits per heavy atom. The van der Waals surface area contributed by atoms with Crippen LogP contribution < -0.4 is 0 Å². The van der Waals surface area contributed by atoms with Crippen molar-refractivity contribution in [1.29, 1.82) is 0 Å². The molecule has 0 bridgehead atoms. The molecule has 0 saturated carbocycles. The summed E-state index contributed by atoms with van der Waals surface area (Å²) in [6.45, 7) is 8.67. The van der Waals surface area contributed by atoms with Gasteiger partial charge in [0.05, 0.1) is 11.7 Å². The van der Waals surface area contributed by atoms with Crippen molar-refractivity contribution in [3.63, 3.8) is 0 Å². The first-order valence-electron chi connectivity index (χ1n) is 6.49. The average Bonchev–Trinajstić information content (AvgIpc) is 2.66. The lowest BCUT2D eigenvalue weighted by Gasteiger charge is -2.34. The third-order valence-electron chi connectivity index (χ3n) is 4.12. The van der Waals surface area contributed by atoms with E-state index in [2.05, 4.69) is 6.58 Å². The fourth-order valence-corrected chi connectivity index (χ4v) is 2.81.